The van der Waals surface area contributed by atoms with Gasteiger partial charge in [-0.15, -0.1) is 0 Å². The van der Waals surface area contributed by atoms with E-state index in [1.165, 1.54) is 17.9 Å². The normalized spacial score (nSPS) is 16.5. The molecular formula is C21H24N2O5. The minimum absolute atomic E-state index is 0.0314. The number of esters is 1. The van der Waals surface area contributed by atoms with Gasteiger partial charge in [-0.2, -0.15) is 0 Å². The number of aryl methyl sites for hydroxylation is 1. The number of fused-ring (bicyclic) bond motifs is 1. The second kappa shape index (κ2) is 9.21. The fourth-order valence-electron chi connectivity index (χ4n) is 3.28. The van der Waals surface area contributed by atoms with E-state index >= 15 is 0 Å². The number of hydrogen-bond donors (Lipinski definition) is 2. The number of benzene rings is 1. The Morgan fingerprint density at radius 2 is 2.04 bits per heavy atom. The molecule has 7 heteroatoms. The van der Waals surface area contributed by atoms with Crippen LogP contribution in [0.25, 0.3) is 0 Å². The maximum Gasteiger partial charge on any atom is 0.308 e. The fraction of sp³-hybridized carbons (Fsp3) is 0.381. The molecule has 2 N–H and O–H groups in total. The molecule has 0 saturated heterocycles. The predicted octanol–water partition coefficient (Wildman–Crippen LogP) is 2.53. The van der Waals surface area contributed by atoms with E-state index in [1.807, 2.05) is 18.2 Å². The SMILES string of the molecule is C[C@@H](OC(=O)CCNC(=O)c1ccco1)C(=O)N[C@H]1CCCc2ccccc21. The Labute approximate surface area is 163 Å². The average molecular weight is 384 g/mol. The molecule has 2 amide bonds. The first-order chi connectivity index (χ1) is 13.5. The third-order valence-corrected chi connectivity index (χ3v) is 4.72. The minimum Gasteiger partial charge on any atom is -0.459 e. The van der Waals surface area contributed by atoms with Crippen molar-refractivity contribution in [3.05, 3.63) is 59.5 Å². The monoisotopic (exact) mass is 384 g/mol. The van der Waals surface area contributed by atoms with Crippen molar-refractivity contribution >= 4 is 17.8 Å². The van der Waals surface area contributed by atoms with Gasteiger partial charge in [0.25, 0.3) is 11.8 Å². The summed E-state index contributed by atoms with van der Waals surface area (Å²) in [6.07, 6.45) is 3.34. The quantitative estimate of drug-likeness (QED) is 0.715. The number of ether oxygens (including phenoxy) is 1. The van der Waals surface area contributed by atoms with E-state index in [4.69, 9.17) is 9.15 Å². The summed E-state index contributed by atoms with van der Waals surface area (Å²) in [4.78, 5) is 36.1. The van der Waals surface area contributed by atoms with Crippen molar-refractivity contribution in [3.63, 3.8) is 0 Å². The van der Waals surface area contributed by atoms with E-state index in [1.54, 1.807) is 13.0 Å². The molecule has 28 heavy (non-hydrogen) atoms. The van der Waals surface area contributed by atoms with Crippen LogP contribution in [0.1, 0.15) is 53.9 Å². The molecule has 7 nitrogen and oxygen atoms in total. The van der Waals surface area contributed by atoms with Crippen LogP contribution < -0.4 is 10.6 Å². The number of amides is 2. The summed E-state index contributed by atoms with van der Waals surface area (Å²) in [5.74, 6) is -1.10. The molecule has 0 saturated carbocycles. The Morgan fingerprint density at radius 1 is 1.21 bits per heavy atom. The van der Waals surface area contributed by atoms with Crippen LogP contribution in [0.3, 0.4) is 0 Å². The summed E-state index contributed by atoms with van der Waals surface area (Å²) in [7, 11) is 0. The smallest absolute Gasteiger partial charge is 0.308 e. The first-order valence-corrected chi connectivity index (χ1v) is 9.44. The molecular weight excluding hydrogens is 360 g/mol. The highest BCUT2D eigenvalue weighted by atomic mass is 16.5. The molecule has 0 fully saturated rings. The topological polar surface area (TPSA) is 97.6 Å². The van der Waals surface area contributed by atoms with Gasteiger partial charge in [0.15, 0.2) is 11.9 Å². The molecule has 2 aromatic rings. The second-order valence-corrected chi connectivity index (χ2v) is 6.77. The molecule has 0 unspecified atom stereocenters. The number of nitrogens with one attached hydrogen (secondary N) is 2. The molecule has 0 aliphatic heterocycles. The zero-order valence-corrected chi connectivity index (χ0v) is 15.8. The van der Waals surface area contributed by atoms with Crippen LogP contribution in [0.15, 0.2) is 47.1 Å². The molecule has 1 aromatic heterocycles. The van der Waals surface area contributed by atoms with Gasteiger partial charge in [0.05, 0.1) is 18.7 Å². The number of hydrogen-bond acceptors (Lipinski definition) is 5. The van der Waals surface area contributed by atoms with Gasteiger partial charge in [-0.25, -0.2) is 0 Å². The first-order valence-electron chi connectivity index (χ1n) is 9.44. The molecule has 0 radical (unpaired) electrons. The maximum absolute atomic E-state index is 12.4. The fourth-order valence-corrected chi connectivity index (χ4v) is 3.28. The highest BCUT2D eigenvalue weighted by molar-refractivity contribution is 5.91. The van der Waals surface area contributed by atoms with Gasteiger partial charge >= 0.3 is 5.97 Å². The maximum atomic E-state index is 12.4. The minimum atomic E-state index is -0.901. The lowest BCUT2D eigenvalue weighted by Crippen LogP contribution is -2.39. The van der Waals surface area contributed by atoms with Crippen LogP contribution in [0.4, 0.5) is 0 Å². The van der Waals surface area contributed by atoms with Crippen molar-refractivity contribution in [2.45, 2.75) is 44.8 Å². The molecule has 2 atom stereocenters. The number of rotatable bonds is 7. The van der Waals surface area contributed by atoms with Gasteiger partial charge in [-0.3, -0.25) is 14.4 Å². The Balaban J connectivity index is 1.43. The van der Waals surface area contributed by atoms with Crippen LogP contribution >= 0.6 is 0 Å². The van der Waals surface area contributed by atoms with Gasteiger partial charge in [0.2, 0.25) is 0 Å². The van der Waals surface area contributed by atoms with Gasteiger partial charge in [-0.1, -0.05) is 24.3 Å². The molecule has 1 aliphatic rings. The molecule has 148 valence electrons. The van der Waals surface area contributed by atoms with E-state index in [2.05, 4.69) is 16.7 Å². The van der Waals surface area contributed by atoms with Crippen molar-refractivity contribution in [2.24, 2.45) is 0 Å². The largest absolute Gasteiger partial charge is 0.459 e. The van der Waals surface area contributed by atoms with Crippen molar-refractivity contribution in [1.82, 2.24) is 10.6 Å². The number of furan rings is 1. The Kier molecular flexibility index (Phi) is 6.47. The first kappa shape index (κ1) is 19.7. The van der Waals surface area contributed by atoms with Gasteiger partial charge in [0, 0.05) is 6.54 Å². The third kappa shape index (κ3) is 5.00. The lowest BCUT2D eigenvalue weighted by atomic mass is 9.87. The highest BCUT2D eigenvalue weighted by Crippen LogP contribution is 2.29. The molecule has 3 rings (SSSR count). The van der Waals surface area contributed by atoms with E-state index < -0.39 is 18.0 Å². The van der Waals surface area contributed by atoms with Crippen molar-refractivity contribution in [3.8, 4) is 0 Å². The van der Waals surface area contributed by atoms with E-state index in [0.717, 1.165) is 24.8 Å². The lowest BCUT2D eigenvalue weighted by molar-refractivity contribution is -0.155. The lowest BCUT2D eigenvalue weighted by Gasteiger charge is -2.27. The number of carbonyl (C=O) groups excluding carboxylic acids is 3. The Bertz CT molecular complexity index is 831. The standard InChI is InChI=1S/C21H24N2O5/c1-14(28-19(24)11-12-22-21(26)18-10-5-13-27-18)20(25)23-17-9-4-7-15-6-2-3-8-16(15)17/h2-3,5-6,8,10,13-14,17H,4,7,9,11-12H2,1H3,(H,22,26)(H,23,25)/t14-,17+/m1/s1. The number of carbonyl (C=O) groups is 3. The Morgan fingerprint density at radius 3 is 2.82 bits per heavy atom. The van der Waals surface area contributed by atoms with Crippen molar-refractivity contribution in [1.29, 1.82) is 0 Å². The summed E-state index contributed by atoms with van der Waals surface area (Å²) < 4.78 is 10.2. The van der Waals surface area contributed by atoms with Gasteiger partial charge in [0.1, 0.15) is 0 Å². The van der Waals surface area contributed by atoms with Crippen molar-refractivity contribution in [2.75, 3.05) is 6.54 Å². The van der Waals surface area contributed by atoms with Crippen LogP contribution in [0.2, 0.25) is 0 Å². The van der Waals surface area contributed by atoms with Crippen LogP contribution in [0.5, 0.6) is 0 Å². The molecule has 1 heterocycles. The van der Waals surface area contributed by atoms with Crippen LogP contribution in [0, 0.1) is 0 Å². The predicted molar refractivity (Wildman–Crippen MR) is 101 cm³/mol. The zero-order chi connectivity index (χ0) is 19.9. The second-order valence-electron chi connectivity index (χ2n) is 6.77. The van der Waals surface area contributed by atoms with Crippen LogP contribution in [-0.4, -0.2) is 30.4 Å². The Hall–Kier alpha value is -3.09. The molecule has 0 bridgehead atoms. The molecule has 1 aliphatic carbocycles. The third-order valence-electron chi connectivity index (χ3n) is 4.72. The van der Waals surface area contributed by atoms with Crippen LogP contribution in [-0.2, 0) is 20.7 Å². The summed E-state index contributed by atoms with van der Waals surface area (Å²) in [6.45, 7) is 1.64. The van der Waals surface area contributed by atoms with E-state index in [-0.39, 0.29) is 30.7 Å². The summed E-state index contributed by atoms with van der Waals surface area (Å²) >= 11 is 0. The zero-order valence-electron chi connectivity index (χ0n) is 15.8. The average Bonchev–Trinajstić information content (AvgIpc) is 3.23. The van der Waals surface area contributed by atoms with Crippen molar-refractivity contribution < 1.29 is 23.5 Å². The van der Waals surface area contributed by atoms with E-state index in [9.17, 15) is 14.4 Å². The molecule has 0 spiro atoms. The van der Waals surface area contributed by atoms with E-state index in [0.29, 0.717) is 0 Å². The summed E-state index contributed by atoms with van der Waals surface area (Å²) in [5, 5.41) is 5.54. The highest BCUT2D eigenvalue weighted by Gasteiger charge is 2.25. The van der Waals surface area contributed by atoms with Gasteiger partial charge < -0.3 is 19.8 Å². The van der Waals surface area contributed by atoms with Gasteiger partial charge in [-0.05, 0) is 49.4 Å². The summed E-state index contributed by atoms with van der Waals surface area (Å²) in [5.41, 5.74) is 2.37. The summed E-state index contributed by atoms with van der Waals surface area (Å²) in [6, 6.07) is 11.1. The molecule has 1 aromatic carbocycles.